The van der Waals surface area contributed by atoms with Crippen molar-refractivity contribution in [2.24, 2.45) is 0 Å². The molecule has 5 amide bonds. The fourth-order valence-corrected chi connectivity index (χ4v) is 4.82. The number of urea groups is 1. The highest BCUT2D eigenvalue weighted by Crippen LogP contribution is 2.36. The van der Waals surface area contributed by atoms with Crippen molar-refractivity contribution in [3.05, 3.63) is 113 Å². The van der Waals surface area contributed by atoms with Crippen molar-refractivity contribution in [3.8, 4) is 0 Å². The Labute approximate surface area is 208 Å². The van der Waals surface area contributed by atoms with Crippen LogP contribution in [-0.4, -0.2) is 33.7 Å². The van der Waals surface area contributed by atoms with Crippen molar-refractivity contribution in [1.29, 1.82) is 0 Å². The van der Waals surface area contributed by atoms with Crippen LogP contribution in [-0.2, 0) is 19.9 Å². The molecule has 0 spiro atoms. The second-order valence-corrected chi connectivity index (χ2v) is 8.68. The number of nitrogens with one attached hydrogen (secondary N) is 2. The Kier molecular flexibility index (Phi) is 5.85. The van der Waals surface area contributed by atoms with Gasteiger partial charge >= 0.3 is 6.03 Å². The van der Waals surface area contributed by atoms with Crippen molar-refractivity contribution in [2.45, 2.75) is 24.9 Å². The summed E-state index contributed by atoms with van der Waals surface area (Å²) in [4.78, 5) is 53.8. The first-order chi connectivity index (χ1) is 17.4. The predicted octanol–water partition coefficient (Wildman–Crippen LogP) is 3.48. The van der Waals surface area contributed by atoms with Crippen molar-refractivity contribution in [1.82, 2.24) is 20.7 Å². The summed E-state index contributed by atoms with van der Waals surface area (Å²) in [6, 6.07) is 24.0. The number of rotatable bonds is 5. The Hall–Kier alpha value is -4.72. The van der Waals surface area contributed by atoms with Gasteiger partial charge in [-0.3, -0.25) is 19.8 Å². The van der Waals surface area contributed by atoms with E-state index in [2.05, 4.69) is 10.7 Å². The quantitative estimate of drug-likeness (QED) is 0.547. The van der Waals surface area contributed by atoms with Gasteiger partial charge in [-0.1, -0.05) is 84.9 Å². The highest BCUT2D eigenvalue weighted by molar-refractivity contribution is 6.10. The highest BCUT2D eigenvalue weighted by Gasteiger charge is 2.54. The number of hydrazine groups is 1. The number of hydrogen-bond donors (Lipinski definition) is 2. The molecule has 0 aliphatic carbocycles. The number of imide groups is 1. The molecule has 1 fully saturated rings. The van der Waals surface area contributed by atoms with Crippen LogP contribution in [0.25, 0.3) is 6.08 Å². The standard InChI is InChI=1S/C28H24N4O4/c1-19(33)31-17-16-20-10-8-9-15-23(20)24(31)18-25(34)30-32-26(35)28(29-27(32)36,21-11-4-2-5-12-21)22-13-6-3-7-14-22/h2-17,24H,18H2,1H3,(H,29,36)(H,30,34). The van der Waals surface area contributed by atoms with Crippen molar-refractivity contribution in [3.63, 3.8) is 0 Å². The molecule has 5 rings (SSSR count). The first-order valence-corrected chi connectivity index (χ1v) is 11.5. The molecule has 1 atom stereocenters. The topological polar surface area (TPSA) is 98.8 Å². The third kappa shape index (κ3) is 3.82. The molecule has 180 valence electrons. The van der Waals surface area contributed by atoms with Crippen LogP contribution in [0.15, 0.2) is 91.1 Å². The molecule has 0 bridgehead atoms. The van der Waals surface area contributed by atoms with E-state index in [9.17, 15) is 19.2 Å². The Morgan fingerprint density at radius 1 is 0.889 bits per heavy atom. The molecule has 8 heteroatoms. The van der Waals surface area contributed by atoms with Gasteiger partial charge in [-0.2, -0.15) is 5.01 Å². The minimum atomic E-state index is -1.49. The van der Waals surface area contributed by atoms with Crippen LogP contribution in [0, 0.1) is 0 Å². The summed E-state index contributed by atoms with van der Waals surface area (Å²) in [5, 5.41) is 3.53. The second-order valence-electron chi connectivity index (χ2n) is 8.68. The van der Waals surface area contributed by atoms with Crippen LogP contribution >= 0.6 is 0 Å². The molecule has 0 aromatic heterocycles. The van der Waals surface area contributed by atoms with Crippen LogP contribution in [0.3, 0.4) is 0 Å². The van der Waals surface area contributed by atoms with Gasteiger partial charge < -0.3 is 10.2 Å². The van der Waals surface area contributed by atoms with Gasteiger partial charge in [-0.25, -0.2) is 4.79 Å². The molecule has 1 unspecified atom stereocenters. The number of carbonyl (C=O) groups is 4. The van der Waals surface area contributed by atoms with E-state index in [1.165, 1.54) is 11.8 Å². The maximum Gasteiger partial charge on any atom is 0.344 e. The van der Waals surface area contributed by atoms with Gasteiger partial charge in [0.25, 0.3) is 5.91 Å². The zero-order valence-electron chi connectivity index (χ0n) is 19.5. The van der Waals surface area contributed by atoms with E-state index < -0.39 is 29.4 Å². The Balaban J connectivity index is 1.43. The Bertz CT molecular complexity index is 1330. The number of amides is 5. The molecular weight excluding hydrogens is 456 g/mol. The van der Waals surface area contributed by atoms with Gasteiger partial charge in [0.15, 0.2) is 5.54 Å². The second kappa shape index (κ2) is 9.14. The van der Waals surface area contributed by atoms with Crippen molar-refractivity contribution < 1.29 is 19.2 Å². The van der Waals surface area contributed by atoms with Gasteiger partial charge in [0.1, 0.15) is 0 Å². The molecule has 8 nitrogen and oxygen atoms in total. The van der Waals surface area contributed by atoms with E-state index in [4.69, 9.17) is 0 Å². The number of hydrogen-bond acceptors (Lipinski definition) is 4. The SMILES string of the molecule is CC(=O)N1C=Cc2ccccc2C1CC(=O)NN1C(=O)NC(c2ccccc2)(c2ccccc2)C1=O. The van der Waals surface area contributed by atoms with Gasteiger partial charge in [0.05, 0.1) is 12.5 Å². The van der Waals surface area contributed by atoms with Crippen LogP contribution in [0.5, 0.6) is 0 Å². The van der Waals surface area contributed by atoms with E-state index in [0.29, 0.717) is 11.1 Å². The molecule has 2 heterocycles. The number of fused-ring (bicyclic) bond motifs is 1. The van der Waals surface area contributed by atoms with E-state index in [1.54, 1.807) is 54.7 Å². The fourth-order valence-electron chi connectivity index (χ4n) is 4.82. The summed E-state index contributed by atoms with van der Waals surface area (Å²) in [6.45, 7) is 1.43. The molecule has 36 heavy (non-hydrogen) atoms. The summed E-state index contributed by atoms with van der Waals surface area (Å²) in [5.74, 6) is -1.41. The van der Waals surface area contributed by atoms with E-state index >= 15 is 0 Å². The maximum absolute atomic E-state index is 13.8. The van der Waals surface area contributed by atoms with Crippen molar-refractivity contribution in [2.75, 3.05) is 0 Å². The monoisotopic (exact) mass is 480 g/mol. The minimum absolute atomic E-state index is 0.137. The molecule has 2 N–H and O–H groups in total. The predicted molar refractivity (Wildman–Crippen MR) is 133 cm³/mol. The molecule has 2 aliphatic rings. The smallest absolute Gasteiger partial charge is 0.314 e. The average Bonchev–Trinajstić information content (AvgIpc) is 3.15. The summed E-state index contributed by atoms with van der Waals surface area (Å²) < 4.78 is 0. The van der Waals surface area contributed by atoms with Crippen LogP contribution in [0.2, 0.25) is 0 Å². The lowest BCUT2D eigenvalue weighted by Crippen LogP contribution is -2.49. The molecule has 3 aromatic carbocycles. The Morgan fingerprint density at radius 2 is 1.47 bits per heavy atom. The Morgan fingerprint density at radius 3 is 2.08 bits per heavy atom. The van der Waals surface area contributed by atoms with Crippen LogP contribution < -0.4 is 10.7 Å². The summed E-state index contributed by atoms with van der Waals surface area (Å²) >= 11 is 0. The largest absolute Gasteiger partial charge is 0.344 e. The number of carbonyl (C=O) groups excluding carboxylic acids is 4. The van der Waals surface area contributed by atoms with E-state index in [-0.39, 0.29) is 12.3 Å². The normalized spacial score (nSPS) is 18.0. The first-order valence-electron chi connectivity index (χ1n) is 11.5. The molecule has 0 saturated carbocycles. The molecule has 0 radical (unpaired) electrons. The van der Waals surface area contributed by atoms with Gasteiger partial charge in [-0.15, -0.1) is 0 Å². The van der Waals surface area contributed by atoms with Crippen LogP contribution in [0.1, 0.15) is 41.6 Å². The van der Waals surface area contributed by atoms with Gasteiger partial charge in [-0.05, 0) is 28.3 Å². The summed E-state index contributed by atoms with van der Waals surface area (Å²) in [6.07, 6.45) is 3.32. The van der Waals surface area contributed by atoms with Crippen LogP contribution in [0.4, 0.5) is 4.79 Å². The fraction of sp³-hybridized carbons (Fsp3) is 0.143. The zero-order chi connectivity index (χ0) is 25.3. The molecule has 3 aromatic rings. The third-order valence-corrected chi connectivity index (χ3v) is 6.52. The summed E-state index contributed by atoms with van der Waals surface area (Å²) in [5.41, 5.74) is 3.84. The average molecular weight is 481 g/mol. The number of benzene rings is 3. The lowest BCUT2D eigenvalue weighted by molar-refractivity contribution is -0.139. The lowest BCUT2D eigenvalue weighted by Gasteiger charge is -2.32. The summed E-state index contributed by atoms with van der Waals surface area (Å²) in [7, 11) is 0. The molecule has 1 saturated heterocycles. The van der Waals surface area contributed by atoms with E-state index in [0.717, 1.165) is 16.1 Å². The van der Waals surface area contributed by atoms with Crippen molar-refractivity contribution >= 4 is 29.8 Å². The first kappa shape index (κ1) is 23.0. The number of nitrogens with zero attached hydrogens (tertiary/aromatic N) is 2. The third-order valence-electron chi connectivity index (χ3n) is 6.52. The van der Waals surface area contributed by atoms with Gasteiger partial charge in [0.2, 0.25) is 11.8 Å². The van der Waals surface area contributed by atoms with Gasteiger partial charge in [0, 0.05) is 13.1 Å². The minimum Gasteiger partial charge on any atom is -0.314 e. The maximum atomic E-state index is 13.8. The lowest BCUT2D eigenvalue weighted by atomic mass is 9.83. The molecule has 2 aliphatic heterocycles. The van der Waals surface area contributed by atoms with E-state index in [1.807, 2.05) is 42.5 Å². The zero-order valence-corrected chi connectivity index (χ0v) is 19.5. The highest BCUT2D eigenvalue weighted by atomic mass is 16.2. The molecular formula is C28H24N4O4.